The summed E-state index contributed by atoms with van der Waals surface area (Å²) >= 11 is 0. The summed E-state index contributed by atoms with van der Waals surface area (Å²) < 4.78 is 18.1. The second kappa shape index (κ2) is 5.99. The zero-order valence-electron chi connectivity index (χ0n) is 11.5. The first kappa shape index (κ1) is 14.4. The van der Waals surface area contributed by atoms with Crippen molar-refractivity contribution < 1.29 is 14.2 Å². The van der Waals surface area contributed by atoms with Crippen LogP contribution in [0.4, 0.5) is 4.39 Å². The number of benzene rings is 1. The Kier molecular flexibility index (Phi) is 4.55. The quantitative estimate of drug-likeness (QED) is 0.794. The van der Waals surface area contributed by atoms with Crippen LogP contribution in [0.5, 0.6) is 0 Å². The molecule has 2 N–H and O–H groups in total. The molecule has 2 rings (SSSR count). The van der Waals surface area contributed by atoms with Crippen LogP contribution in [0.2, 0.25) is 0 Å². The lowest BCUT2D eigenvalue weighted by atomic mass is 9.95. The maximum atomic E-state index is 12.9. The van der Waals surface area contributed by atoms with Crippen LogP contribution in [0.25, 0.3) is 0 Å². The van der Waals surface area contributed by atoms with Gasteiger partial charge in [0.1, 0.15) is 5.82 Å². The van der Waals surface area contributed by atoms with Crippen molar-refractivity contribution in [3.8, 4) is 0 Å². The minimum Gasteiger partial charge on any atom is -0.384 e. The van der Waals surface area contributed by atoms with E-state index < -0.39 is 5.60 Å². The third-order valence-electron chi connectivity index (χ3n) is 3.71. The molecular weight excluding hydrogens is 245 g/mol. The highest BCUT2D eigenvalue weighted by Crippen LogP contribution is 2.33. The van der Waals surface area contributed by atoms with Gasteiger partial charge in [-0.1, -0.05) is 12.1 Å². The van der Waals surface area contributed by atoms with Gasteiger partial charge in [0.2, 0.25) is 0 Å². The molecule has 106 valence electrons. The van der Waals surface area contributed by atoms with Crippen LogP contribution in [0.15, 0.2) is 24.3 Å². The van der Waals surface area contributed by atoms with Crippen molar-refractivity contribution in [1.29, 1.82) is 0 Å². The molecule has 0 heterocycles. The van der Waals surface area contributed by atoms with Gasteiger partial charge in [-0.25, -0.2) is 4.39 Å². The fourth-order valence-corrected chi connectivity index (χ4v) is 2.28. The van der Waals surface area contributed by atoms with Gasteiger partial charge in [-0.15, -0.1) is 0 Å². The highest BCUT2D eigenvalue weighted by molar-refractivity contribution is 5.22. The van der Waals surface area contributed by atoms with Gasteiger partial charge in [0.15, 0.2) is 0 Å². The lowest BCUT2D eigenvalue weighted by Crippen LogP contribution is -2.43. The van der Waals surface area contributed by atoms with Gasteiger partial charge in [0.25, 0.3) is 0 Å². The maximum absolute atomic E-state index is 12.9. The average Bonchev–Trinajstić information content (AvgIpc) is 3.19. The highest BCUT2D eigenvalue weighted by Gasteiger charge is 2.33. The molecule has 0 aliphatic heterocycles. The number of rotatable bonds is 7. The van der Waals surface area contributed by atoms with Crippen molar-refractivity contribution in [2.75, 3.05) is 20.3 Å². The first-order valence-electron chi connectivity index (χ1n) is 6.73. The van der Waals surface area contributed by atoms with E-state index >= 15 is 0 Å². The van der Waals surface area contributed by atoms with E-state index in [1.807, 2.05) is 0 Å². The van der Waals surface area contributed by atoms with E-state index in [9.17, 15) is 9.50 Å². The van der Waals surface area contributed by atoms with Crippen LogP contribution in [-0.2, 0) is 10.3 Å². The van der Waals surface area contributed by atoms with E-state index in [4.69, 9.17) is 4.74 Å². The molecule has 0 aromatic heterocycles. The Morgan fingerprint density at radius 2 is 2.05 bits per heavy atom. The van der Waals surface area contributed by atoms with Crippen molar-refractivity contribution in [3.63, 3.8) is 0 Å². The van der Waals surface area contributed by atoms with Crippen LogP contribution in [0, 0.1) is 11.7 Å². The molecule has 1 aliphatic rings. The van der Waals surface area contributed by atoms with Gasteiger partial charge in [0, 0.05) is 19.7 Å². The lowest BCUT2D eigenvalue weighted by molar-refractivity contribution is 0.0472. The number of hydrogen-bond acceptors (Lipinski definition) is 3. The van der Waals surface area contributed by atoms with E-state index in [2.05, 4.69) is 5.32 Å². The minimum atomic E-state index is -1.01. The van der Waals surface area contributed by atoms with Crippen LogP contribution < -0.4 is 5.32 Å². The summed E-state index contributed by atoms with van der Waals surface area (Å²) in [4.78, 5) is 0. The van der Waals surface area contributed by atoms with Gasteiger partial charge in [-0.05, 0) is 43.4 Å². The predicted molar refractivity (Wildman–Crippen MR) is 72.4 cm³/mol. The fraction of sp³-hybridized carbons (Fsp3) is 0.600. The molecule has 0 bridgehead atoms. The van der Waals surface area contributed by atoms with Crippen LogP contribution in [0.3, 0.4) is 0 Å². The van der Waals surface area contributed by atoms with Gasteiger partial charge < -0.3 is 15.2 Å². The minimum absolute atomic E-state index is 0.289. The molecule has 1 aromatic carbocycles. The molecule has 1 fully saturated rings. The summed E-state index contributed by atoms with van der Waals surface area (Å²) in [5.41, 5.74) is -0.289. The molecule has 0 spiro atoms. The standard InChI is InChI=1S/C15H22FNO2/c1-15(18,12-5-7-13(16)8-6-12)10-17-14(9-19-2)11-3-4-11/h5-8,11,14,17-18H,3-4,9-10H2,1-2H3. The van der Waals surface area contributed by atoms with Crippen molar-refractivity contribution in [1.82, 2.24) is 5.32 Å². The fourth-order valence-electron chi connectivity index (χ4n) is 2.28. The summed E-state index contributed by atoms with van der Waals surface area (Å²) in [6.07, 6.45) is 2.44. The summed E-state index contributed by atoms with van der Waals surface area (Å²) in [5.74, 6) is 0.367. The Morgan fingerprint density at radius 1 is 1.42 bits per heavy atom. The zero-order valence-corrected chi connectivity index (χ0v) is 11.5. The SMILES string of the molecule is COCC(NCC(C)(O)c1ccc(F)cc1)C1CC1. The Morgan fingerprint density at radius 3 is 2.58 bits per heavy atom. The zero-order chi connectivity index (χ0) is 13.9. The number of aliphatic hydroxyl groups is 1. The van der Waals surface area contributed by atoms with E-state index in [0.717, 1.165) is 0 Å². The molecule has 1 saturated carbocycles. The third kappa shape index (κ3) is 4.00. The van der Waals surface area contributed by atoms with E-state index in [1.54, 1.807) is 26.2 Å². The molecule has 19 heavy (non-hydrogen) atoms. The lowest BCUT2D eigenvalue weighted by Gasteiger charge is -2.27. The number of nitrogens with one attached hydrogen (secondary N) is 1. The number of methoxy groups -OCH3 is 1. The van der Waals surface area contributed by atoms with Crippen molar-refractivity contribution >= 4 is 0 Å². The van der Waals surface area contributed by atoms with Crippen LogP contribution in [-0.4, -0.2) is 31.4 Å². The molecule has 2 unspecified atom stereocenters. The van der Waals surface area contributed by atoms with Gasteiger partial charge in [0.05, 0.1) is 12.2 Å². The molecule has 3 nitrogen and oxygen atoms in total. The Hall–Kier alpha value is -0.970. The first-order valence-corrected chi connectivity index (χ1v) is 6.73. The van der Waals surface area contributed by atoms with E-state index in [0.29, 0.717) is 24.6 Å². The van der Waals surface area contributed by atoms with Crippen LogP contribution in [0.1, 0.15) is 25.3 Å². The molecule has 1 aliphatic carbocycles. The second-order valence-electron chi connectivity index (χ2n) is 5.56. The number of ether oxygens (including phenoxy) is 1. The Balaban J connectivity index is 1.94. The van der Waals surface area contributed by atoms with Gasteiger partial charge >= 0.3 is 0 Å². The summed E-state index contributed by atoms with van der Waals surface area (Å²) in [6, 6.07) is 6.28. The molecule has 0 saturated heterocycles. The predicted octanol–water partition coefficient (Wildman–Crippen LogP) is 2.05. The number of halogens is 1. The molecule has 4 heteroatoms. The van der Waals surface area contributed by atoms with E-state index in [-0.39, 0.29) is 11.9 Å². The maximum Gasteiger partial charge on any atom is 0.123 e. The molecule has 2 atom stereocenters. The third-order valence-corrected chi connectivity index (χ3v) is 3.71. The molecule has 1 aromatic rings. The summed E-state index contributed by atoms with van der Waals surface area (Å²) in [5, 5.41) is 13.8. The van der Waals surface area contributed by atoms with Crippen LogP contribution >= 0.6 is 0 Å². The topological polar surface area (TPSA) is 41.5 Å². The summed E-state index contributed by atoms with van der Waals surface area (Å²) in [6.45, 7) is 2.83. The van der Waals surface area contributed by atoms with Gasteiger partial charge in [-0.2, -0.15) is 0 Å². The Labute approximate surface area is 113 Å². The summed E-state index contributed by atoms with van der Waals surface area (Å²) in [7, 11) is 1.69. The average molecular weight is 267 g/mol. The molecule has 0 amide bonds. The normalized spacial score (nSPS) is 20.0. The van der Waals surface area contributed by atoms with Crippen molar-refractivity contribution in [2.45, 2.75) is 31.4 Å². The monoisotopic (exact) mass is 267 g/mol. The smallest absolute Gasteiger partial charge is 0.123 e. The van der Waals surface area contributed by atoms with E-state index in [1.165, 1.54) is 25.0 Å². The molecular formula is C15H22FNO2. The van der Waals surface area contributed by atoms with Crippen molar-refractivity contribution in [3.05, 3.63) is 35.6 Å². The van der Waals surface area contributed by atoms with Crippen molar-refractivity contribution in [2.24, 2.45) is 5.92 Å². The largest absolute Gasteiger partial charge is 0.384 e. The highest BCUT2D eigenvalue weighted by atomic mass is 19.1. The first-order chi connectivity index (χ1) is 9.03. The molecule has 0 radical (unpaired) electrons. The number of hydrogen-bond donors (Lipinski definition) is 2. The second-order valence-corrected chi connectivity index (χ2v) is 5.56. The van der Waals surface area contributed by atoms with Gasteiger partial charge in [-0.3, -0.25) is 0 Å². The Bertz CT molecular complexity index is 401.